The zero-order valence-corrected chi connectivity index (χ0v) is 13.2. The molecule has 1 aromatic carbocycles. The van der Waals surface area contributed by atoms with Gasteiger partial charge in [0.1, 0.15) is 5.65 Å². The van der Waals surface area contributed by atoms with Crippen LogP contribution >= 0.6 is 0 Å². The van der Waals surface area contributed by atoms with Gasteiger partial charge in [0.2, 0.25) is 10.0 Å². The second-order valence-electron chi connectivity index (χ2n) is 5.31. The maximum Gasteiger partial charge on any atom is 0.238 e. The van der Waals surface area contributed by atoms with Crippen LogP contribution < -0.4 is 5.14 Å². The van der Waals surface area contributed by atoms with Crippen molar-refractivity contribution in [1.82, 2.24) is 9.97 Å². The molecule has 0 bridgehead atoms. The molecule has 5 nitrogen and oxygen atoms in total. The fourth-order valence-electron chi connectivity index (χ4n) is 2.59. The maximum absolute atomic E-state index is 11.6. The topological polar surface area (TPSA) is 88.8 Å². The molecule has 2 aromatic heterocycles. The number of sulfonamides is 1. The Morgan fingerprint density at radius 1 is 1.27 bits per heavy atom. The van der Waals surface area contributed by atoms with Crippen LogP contribution in [0.3, 0.4) is 0 Å². The predicted octanol–water partition coefficient (Wildman–Crippen LogP) is 2.75. The van der Waals surface area contributed by atoms with E-state index in [9.17, 15) is 8.42 Å². The van der Waals surface area contributed by atoms with E-state index >= 15 is 0 Å². The molecule has 6 heteroatoms. The van der Waals surface area contributed by atoms with Crippen molar-refractivity contribution in [2.75, 3.05) is 0 Å². The fourth-order valence-corrected chi connectivity index (χ4v) is 3.13. The Kier molecular flexibility index (Phi) is 3.50. The van der Waals surface area contributed by atoms with Crippen LogP contribution in [0.4, 0.5) is 0 Å². The monoisotopic (exact) mass is 315 g/mol. The number of hydrogen-bond acceptors (Lipinski definition) is 3. The van der Waals surface area contributed by atoms with Crippen LogP contribution in [0.1, 0.15) is 18.1 Å². The van der Waals surface area contributed by atoms with Gasteiger partial charge in [-0.3, -0.25) is 0 Å². The van der Waals surface area contributed by atoms with Crippen molar-refractivity contribution >= 4 is 21.1 Å². The van der Waals surface area contributed by atoms with E-state index in [1.807, 2.05) is 19.2 Å². The molecule has 0 spiro atoms. The van der Waals surface area contributed by atoms with Gasteiger partial charge in [-0.05, 0) is 48.2 Å². The number of pyridine rings is 1. The first-order valence-corrected chi connectivity index (χ1v) is 8.54. The van der Waals surface area contributed by atoms with Gasteiger partial charge in [-0.1, -0.05) is 13.0 Å². The van der Waals surface area contributed by atoms with E-state index in [2.05, 4.69) is 16.9 Å². The number of rotatable bonds is 3. The molecule has 0 aliphatic carbocycles. The first kappa shape index (κ1) is 14.7. The molecular weight excluding hydrogens is 298 g/mol. The first-order valence-electron chi connectivity index (χ1n) is 7.00. The number of nitrogens with one attached hydrogen (secondary N) is 1. The summed E-state index contributed by atoms with van der Waals surface area (Å²) in [6.45, 7) is 4.02. The van der Waals surface area contributed by atoms with Crippen LogP contribution in [0.25, 0.3) is 22.2 Å². The van der Waals surface area contributed by atoms with Gasteiger partial charge in [0.25, 0.3) is 0 Å². The summed E-state index contributed by atoms with van der Waals surface area (Å²) in [6, 6.07) is 6.92. The minimum Gasteiger partial charge on any atom is -0.346 e. The molecule has 0 amide bonds. The smallest absolute Gasteiger partial charge is 0.238 e. The number of aromatic nitrogens is 2. The van der Waals surface area contributed by atoms with Crippen LogP contribution in [0.2, 0.25) is 0 Å². The molecule has 2 heterocycles. The number of hydrogen-bond donors (Lipinski definition) is 2. The average molecular weight is 315 g/mol. The number of nitrogens with two attached hydrogens (primary N) is 1. The number of fused-ring (bicyclic) bond motifs is 1. The normalized spacial score (nSPS) is 12.0. The molecule has 0 saturated carbocycles. The minimum atomic E-state index is -3.72. The molecule has 22 heavy (non-hydrogen) atoms. The number of benzene rings is 1. The number of H-pyrrole nitrogens is 1. The molecule has 0 saturated heterocycles. The third-order valence-corrected chi connectivity index (χ3v) is 4.76. The molecule has 3 aromatic rings. The SMILES string of the molecule is CCc1c[nH]c2ncc(-c3cc(S(N)(=O)=O)ccc3C)cc12. The Morgan fingerprint density at radius 3 is 2.73 bits per heavy atom. The van der Waals surface area contributed by atoms with Crippen molar-refractivity contribution in [2.45, 2.75) is 25.2 Å². The Morgan fingerprint density at radius 2 is 2.05 bits per heavy atom. The number of aryl methyl sites for hydroxylation is 2. The molecule has 0 aliphatic heterocycles. The summed E-state index contributed by atoms with van der Waals surface area (Å²) in [7, 11) is -3.72. The number of aromatic amines is 1. The largest absolute Gasteiger partial charge is 0.346 e. The molecule has 3 rings (SSSR count). The van der Waals surface area contributed by atoms with E-state index in [0.717, 1.165) is 34.1 Å². The van der Waals surface area contributed by atoms with Crippen LogP contribution in [-0.2, 0) is 16.4 Å². The molecule has 0 fully saturated rings. The molecule has 0 atom stereocenters. The van der Waals surface area contributed by atoms with Crippen molar-refractivity contribution in [3.8, 4) is 11.1 Å². The minimum absolute atomic E-state index is 0.109. The third-order valence-electron chi connectivity index (χ3n) is 3.85. The molecule has 114 valence electrons. The molecule has 0 unspecified atom stereocenters. The second kappa shape index (κ2) is 5.23. The molecule has 3 N–H and O–H groups in total. The van der Waals surface area contributed by atoms with Gasteiger partial charge in [-0.25, -0.2) is 18.5 Å². The fraction of sp³-hybridized carbons (Fsp3) is 0.188. The average Bonchev–Trinajstić information content (AvgIpc) is 2.88. The van der Waals surface area contributed by atoms with E-state index in [4.69, 9.17) is 5.14 Å². The van der Waals surface area contributed by atoms with Crippen molar-refractivity contribution in [2.24, 2.45) is 5.14 Å². The number of nitrogens with zero attached hydrogens (tertiary/aromatic N) is 1. The summed E-state index contributed by atoms with van der Waals surface area (Å²) in [5, 5.41) is 6.28. The highest BCUT2D eigenvalue weighted by molar-refractivity contribution is 7.89. The Hall–Kier alpha value is -2.18. The van der Waals surface area contributed by atoms with Crippen molar-refractivity contribution in [1.29, 1.82) is 0 Å². The zero-order chi connectivity index (χ0) is 15.9. The summed E-state index contributed by atoms with van der Waals surface area (Å²) >= 11 is 0. The zero-order valence-electron chi connectivity index (χ0n) is 12.4. The lowest BCUT2D eigenvalue weighted by molar-refractivity contribution is 0.598. The van der Waals surface area contributed by atoms with Crippen LogP contribution in [-0.4, -0.2) is 18.4 Å². The summed E-state index contributed by atoms with van der Waals surface area (Å²) in [5.74, 6) is 0. The second-order valence-corrected chi connectivity index (χ2v) is 6.87. The van der Waals surface area contributed by atoms with E-state index in [0.29, 0.717) is 0 Å². The lowest BCUT2D eigenvalue weighted by Gasteiger charge is -2.08. The van der Waals surface area contributed by atoms with Gasteiger partial charge in [0.15, 0.2) is 0 Å². The van der Waals surface area contributed by atoms with Crippen molar-refractivity contribution < 1.29 is 8.42 Å². The third kappa shape index (κ3) is 2.51. The van der Waals surface area contributed by atoms with Gasteiger partial charge < -0.3 is 4.98 Å². The van der Waals surface area contributed by atoms with Gasteiger partial charge in [0.05, 0.1) is 4.90 Å². The molecule has 0 aliphatic rings. The van der Waals surface area contributed by atoms with Gasteiger partial charge in [-0.15, -0.1) is 0 Å². The Bertz CT molecular complexity index is 959. The Labute approximate surface area is 129 Å². The number of primary sulfonamides is 1. The van der Waals surface area contributed by atoms with Crippen LogP contribution in [0.15, 0.2) is 41.6 Å². The van der Waals surface area contributed by atoms with E-state index in [1.54, 1.807) is 18.3 Å². The highest BCUT2D eigenvalue weighted by atomic mass is 32.2. The predicted molar refractivity (Wildman–Crippen MR) is 87.0 cm³/mol. The quantitative estimate of drug-likeness (QED) is 0.779. The summed E-state index contributed by atoms with van der Waals surface area (Å²) < 4.78 is 23.1. The Balaban J connectivity index is 2.22. The van der Waals surface area contributed by atoms with E-state index in [-0.39, 0.29) is 4.90 Å². The van der Waals surface area contributed by atoms with Gasteiger partial charge >= 0.3 is 0 Å². The first-order chi connectivity index (χ1) is 10.4. The lowest BCUT2D eigenvalue weighted by atomic mass is 10.0. The van der Waals surface area contributed by atoms with Gasteiger partial charge in [-0.2, -0.15) is 0 Å². The van der Waals surface area contributed by atoms with Crippen molar-refractivity contribution in [3.05, 3.63) is 47.8 Å². The summed E-state index contributed by atoms with van der Waals surface area (Å²) in [4.78, 5) is 7.67. The summed E-state index contributed by atoms with van der Waals surface area (Å²) in [6.07, 6.45) is 4.60. The van der Waals surface area contributed by atoms with Crippen LogP contribution in [0.5, 0.6) is 0 Å². The van der Waals surface area contributed by atoms with Crippen LogP contribution in [0, 0.1) is 6.92 Å². The van der Waals surface area contributed by atoms with E-state index in [1.165, 1.54) is 11.6 Å². The van der Waals surface area contributed by atoms with Gasteiger partial charge in [0, 0.05) is 23.3 Å². The highest BCUT2D eigenvalue weighted by Gasteiger charge is 2.12. The molecule has 0 radical (unpaired) electrons. The van der Waals surface area contributed by atoms with E-state index < -0.39 is 10.0 Å². The molecular formula is C16H17N3O2S. The van der Waals surface area contributed by atoms with Crippen molar-refractivity contribution in [3.63, 3.8) is 0 Å². The summed E-state index contributed by atoms with van der Waals surface area (Å²) in [5.41, 5.74) is 4.70. The highest BCUT2D eigenvalue weighted by Crippen LogP contribution is 2.29. The lowest BCUT2D eigenvalue weighted by Crippen LogP contribution is -2.12. The maximum atomic E-state index is 11.6. The standard InChI is InChI=1S/C16H17N3O2S/c1-3-11-8-18-16-15(11)6-12(9-19-16)14-7-13(22(17,20)21)5-4-10(14)2/h4-9H,3H2,1-2H3,(H,18,19)(H2,17,20,21).